The Morgan fingerprint density at radius 3 is 2.76 bits per heavy atom. The molecule has 112 valence electrons. The van der Waals surface area contributed by atoms with Crippen LogP contribution in [0.2, 0.25) is 0 Å². The number of ether oxygens (including phenoxy) is 1. The monoisotopic (exact) mass is 286 g/mol. The third-order valence-electron chi connectivity index (χ3n) is 4.49. The molecule has 0 unspecified atom stereocenters. The first-order valence-corrected chi connectivity index (χ1v) is 7.87. The summed E-state index contributed by atoms with van der Waals surface area (Å²) in [6, 6.07) is 6.08. The van der Waals surface area contributed by atoms with Gasteiger partial charge in [0.05, 0.1) is 24.2 Å². The molecule has 0 amide bonds. The molecular formula is C16H22N4O. The van der Waals surface area contributed by atoms with E-state index in [1.165, 1.54) is 24.2 Å². The highest BCUT2D eigenvalue weighted by atomic mass is 16.5. The molecule has 0 bridgehead atoms. The second kappa shape index (κ2) is 5.31. The van der Waals surface area contributed by atoms with Gasteiger partial charge in [-0.25, -0.2) is 4.98 Å². The van der Waals surface area contributed by atoms with Crippen LogP contribution in [0.3, 0.4) is 0 Å². The Morgan fingerprint density at radius 2 is 2.00 bits per heavy atom. The normalized spacial score (nSPS) is 20.2. The van der Waals surface area contributed by atoms with Crippen LogP contribution in [0.15, 0.2) is 18.2 Å². The summed E-state index contributed by atoms with van der Waals surface area (Å²) >= 11 is 0. The highest BCUT2D eigenvalue weighted by molar-refractivity contribution is 5.79. The molecule has 1 aliphatic carbocycles. The van der Waals surface area contributed by atoms with Crippen LogP contribution in [0.4, 0.5) is 5.69 Å². The molecule has 2 fully saturated rings. The lowest BCUT2D eigenvalue weighted by Crippen LogP contribution is -2.38. The summed E-state index contributed by atoms with van der Waals surface area (Å²) in [7, 11) is 0. The predicted molar refractivity (Wildman–Crippen MR) is 83.4 cm³/mol. The summed E-state index contributed by atoms with van der Waals surface area (Å²) in [6.45, 7) is 5.87. The second-order valence-electron chi connectivity index (χ2n) is 6.10. The lowest BCUT2D eigenvalue weighted by Gasteiger charge is -2.27. The molecule has 1 aromatic heterocycles. The van der Waals surface area contributed by atoms with Gasteiger partial charge in [-0.1, -0.05) is 0 Å². The molecule has 21 heavy (non-hydrogen) atoms. The van der Waals surface area contributed by atoms with Crippen molar-refractivity contribution < 1.29 is 4.74 Å². The van der Waals surface area contributed by atoms with Crippen molar-refractivity contribution in [3.05, 3.63) is 24.0 Å². The molecule has 5 heteroatoms. The summed E-state index contributed by atoms with van der Waals surface area (Å²) in [6.07, 6.45) is 2.55. The van der Waals surface area contributed by atoms with Crippen LogP contribution in [-0.2, 0) is 11.3 Å². The van der Waals surface area contributed by atoms with Gasteiger partial charge in [0.1, 0.15) is 5.82 Å². The van der Waals surface area contributed by atoms with E-state index in [9.17, 15) is 0 Å². The third-order valence-corrected chi connectivity index (χ3v) is 4.49. The van der Waals surface area contributed by atoms with Crippen LogP contribution < -0.4 is 5.73 Å². The van der Waals surface area contributed by atoms with Crippen molar-refractivity contribution >= 4 is 16.7 Å². The molecule has 2 aromatic rings. The molecule has 0 spiro atoms. The molecule has 2 N–H and O–H groups in total. The number of nitrogens with two attached hydrogens (primary N) is 1. The largest absolute Gasteiger partial charge is 0.399 e. The van der Waals surface area contributed by atoms with Crippen LogP contribution in [0.1, 0.15) is 24.6 Å². The van der Waals surface area contributed by atoms with Crippen molar-refractivity contribution in [1.29, 1.82) is 0 Å². The SMILES string of the molecule is Nc1ccc2c(c1)nc(C1CC1)n2CCN1CCOCC1. The number of morpholine rings is 1. The van der Waals surface area contributed by atoms with Crippen molar-refractivity contribution in [1.82, 2.24) is 14.5 Å². The van der Waals surface area contributed by atoms with Gasteiger partial charge < -0.3 is 15.0 Å². The second-order valence-corrected chi connectivity index (χ2v) is 6.10. The van der Waals surface area contributed by atoms with Crippen molar-refractivity contribution in [3.8, 4) is 0 Å². The van der Waals surface area contributed by atoms with E-state index in [0.717, 1.165) is 50.6 Å². The molecule has 0 atom stereocenters. The summed E-state index contributed by atoms with van der Waals surface area (Å²) in [5.41, 5.74) is 8.95. The average Bonchev–Trinajstić information content (AvgIpc) is 3.28. The Bertz CT molecular complexity index is 641. The maximum atomic E-state index is 5.89. The summed E-state index contributed by atoms with van der Waals surface area (Å²) in [5, 5.41) is 0. The van der Waals surface area contributed by atoms with E-state index in [0.29, 0.717) is 5.92 Å². The summed E-state index contributed by atoms with van der Waals surface area (Å²) in [5.74, 6) is 1.91. The first-order valence-electron chi connectivity index (χ1n) is 7.87. The van der Waals surface area contributed by atoms with E-state index in [1.807, 2.05) is 12.1 Å². The van der Waals surface area contributed by atoms with Gasteiger partial charge in [-0.15, -0.1) is 0 Å². The van der Waals surface area contributed by atoms with Gasteiger partial charge in [0.25, 0.3) is 0 Å². The van der Waals surface area contributed by atoms with E-state index in [2.05, 4.69) is 15.5 Å². The van der Waals surface area contributed by atoms with Crippen LogP contribution in [0, 0.1) is 0 Å². The maximum Gasteiger partial charge on any atom is 0.113 e. The molecule has 1 saturated heterocycles. The van der Waals surface area contributed by atoms with E-state index >= 15 is 0 Å². The zero-order chi connectivity index (χ0) is 14.2. The lowest BCUT2D eigenvalue weighted by molar-refractivity contribution is 0.0364. The minimum Gasteiger partial charge on any atom is -0.399 e. The number of nitrogens with zero attached hydrogens (tertiary/aromatic N) is 3. The van der Waals surface area contributed by atoms with E-state index in [1.54, 1.807) is 0 Å². The maximum absolute atomic E-state index is 5.89. The van der Waals surface area contributed by atoms with Gasteiger partial charge >= 0.3 is 0 Å². The van der Waals surface area contributed by atoms with Gasteiger partial charge in [-0.3, -0.25) is 4.90 Å². The number of hydrogen-bond acceptors (Lipinski definition) is 4. The molecule has 2 aliphatic rings. The summed E-state index contributed by atoms with van der Waals surface area (Å²) < 4.78 is 7.82. The van der Waals surface area contributed by atoms with Crippen LogP contribution >= 0.6 is 0 Å². The zero-order valence-corrected chi connectivity index (χ0v) is 12.3. The number of rotatable bonds is 4. The molecule has 1 aromatic carbocycles. The average molecular weight is 286 g/mol. The molecule has 1 aliphatic heterocycles. The van der Waals surface area contributed by atoms with Gasteiger partial charge in [0.2, 0.25) is 0 Å². The highest BCUT2D eigenvalue weighted by Gasteiger charge is 2.29. The van der Waals surface area contributed by atoms with Crippen molar-refractivity contribution in [2.45, 2.75) is 25.3 Å². The minimum absolute atomic E-state index is 0.656. The first-order chi connectivity index (χ1) is 10.3. The molecule has 5 nitrogen and oxygen atoms in total. The fourth-order valence-electron chi connectivity index (χ4n) is 3.12. The minimum atomic E-state index is 0.656. The molecule has 0 radical (unpaired) electrons. The number of hydrogen-bond donors (Lipinski definition) is 1. The highest BCUT2D eigenvalue weighted by Crippen LogP contribution is 2.40. The fourth-order valence-corrected chi connectivity index (χ4v) is 3.12. The van der Waals surface area contributed by atoms with Crippen molar-refractivity contribution in [2.75, 3.05) is 38.6 Å². The smallest absolute Gasteiger partial charge is 0.113 e. The first kappa shape index (κ1) is 13.1. The van der Waals surface area contributed by atoms with Crippen molar-refractivity contribution in [2.24, 2.45) is 0 Å². The molecular weight excluding hydrogens is 264 g/mol. The van der Waals surface area contributed by atoms with Gasteiger partial charge in [0, 0.05) is 37.8 Å². The molecule has 4 rings (SSSR count). The number of benzene rings is 1. The topological polar surface area (TPSA) is 56.3 Å². The van der Waals surface area contributed by atoms with Crippen molar-refractivity contribution in [3.63, 3.8) is 0 Å². The van der Waals surface area contributed by atoms with Crippen LogP contribution in [0.5, 0.6) is 0 Å². The lowest BCUT2D eigenvalue weighted by atomic mass is 10.3. The van der Waals surface area contributed by atoms with Gasteiger partial charge in [-0.2, -0.15) is 0 Å². The van der Waals surface area contributed by atoms with Crippen LogP contribution in [-0.4, -0.2) is 47.3 Å². The summed E-state index contributed by atoms with van der Waals surface area (Å²) in [4.78, 5) is 7.31. The Hall–Kier alpha value is -1.59. The van der Waals surface area contributed by atoms with Gasteiger partial charge in [-0.05, 0) is 31.0 Å². The molecule has 1 saturated carbocycles. The van der Waals surface area contributed by atoms with Crippen LogP contribution in [0.25, 0.3) is 11.0 Å². The third kappa shape index (κ3) is 2.63. The van der Waals surface area contributed by atoms with E-state index < -0.39 is 0 Å². The van der Waals surface area contributed by atoms with Gasteiger partial charge in [0.15, 0.2) is 0 Å². The Labute approximate surface area is 124 Å². The standard InChI is InChI=1S/C16H22N4O/c17-13-3-4-15-14(11-13)18-16(12-1-2-12)20(15)6-5-19-7-9-21-10-8-19/h3-4,11-12H,1-2,5-10,17H2. The number of nitrogen functional groups attached to an aromatic ring is 1. The quantitative estimate of drug-likeness (QED) is 0.871. The zero-order valence-electron chi connectivity index (χ0n) is 12.3. The number of anilines is 1. The Morgan fingerprint density at radius 1 is 1.19 bits per heavy atom. The number of fused-ring (bicyclic) bond motifs is 1. The van der Waals surface area contributed by atoms with E-state index in [-0.39, 0.29) is 0 Å². The fraction of sp³-hybridized carbons (Fsp3) is 0.562. The molecule has 2 heterocycles. The van der Waals surface area contributed by atoms with E-state index in [4.69, 9.17) is 15.5 Å². The Kier molecular flexibility index (Phi) is 3.31. The number of imidazole rings is 1. The Balaban J connectivity index is 1.60. The number of aromatic nitrogens is 2. The predicted octanol–water partition coefficient (Wildman–Crippen LogP) is 1.83.